The third-order valence-corrected chi connectivity index (χ3v) is 4.76. The van der Waals surface area contributed by atoms with Crippen molar-refractivity contribution in [1.29, 1.82) is 0 Å². The number of benzene rings is 2. The lowest BCUT2D eigenvalue weighted by Gasteiger charge is -2.18. The smallest absolute Gasteiger partial charge is 0.241 e. The first-order valence-corrected chi connectivity index (χ1v) is 8.37. The molecule has 0 saturated heterocycles. The van der Waals surface area contributed by atoms with Gasteiger partial charge < -0.3 is 4.74 Å². The van der Waals surface area contributed by atoms with Crippen LogP contribution < -0.4 is 9.46 Å². The van der Waals surface area contributed by atoms with Gasteiger partial charge in [0, 0.05) is 0 Å². The molecule has 0 amide bonds. The standard InChI is InChI=1S/C17H19NO3S/c1-3-7-17(14-10-12-15(21-2)13-11-14)18-22(19,20)16-8-5-4-6-9-16/h3-6,8-13,17-18H,1,7H2,2H3. The Kier molecular flexibility index (Phi) is 5.35. The topological polar surface area (TPSA) is 55.4 Å². The summed E-state index contributed by atoms with van der Waals surface area (Å²) in [5.41, 5.74) is 0.861. The van der Waals surface area contributed by atoms with E-state index in [1.165, 1.54) is 0 Å². The number of sulfonamides is 1. The molecule has 4 nitrogen and oxygen atoms in total. The van der Waals surface area contributed by atoms with Crippen LogP contribution in [0.4, 0.5) is 0 Å². The summed E-state index contributed by atoms with van der Waals surface area (Å²) in [5.74, 6) is 0.729. The molecule has 1 N–H and O–H groups in total. The van der Waals surface area contributed by atoms with Gasteiger partial charge in [0.2, 0.25) is 10.0 Å². The minimum Gasteiger partial charge on any atom is -0.497 e. The van der Waals surface area contributed by atoms with Crippen LogP contribution in [0.1, 0.15) is 18.0 Å². The van der Waals surface area contributed by atoms with Gasteiger partial charge in [0.15, 0.2) is 0 Å². The average Bonchev–Trinajstić information content (AvgIpc) is 2.55. The van der Waals surface area contributed by atoms with E-state index in [1.54, 1.807) is 43.5 Å². The van der Waals surface area contributed by atoms with Crippen LogP contribution in [0.15, 0.2) is 72.1 Å². The zero-order chi connectivity index (χ0) is 16.0. The lowest BCUT2D eigenvalue weighted by Crippen LogP contribution is -2.28. The number of methoxy groups -OCH3 is 1. The second-order valence-electron chi connectivity index (χ2n) is 4.78. The normalized spacial score (nSPS) is 12.6. The van der Waals surface area contributed by atoms with Gasteiger partial charge in [0.1, 0.15) is 5.75 Å². The Bertz CT molecular complexity index is 709. The highest BCUT2D eigenvalue weighted by atomic mass is 32.2. The van der Waals surface area contributed by atoms with Crippen molar-refractivity contribution in [3.8, 4) is 5.75 Å². The molecule has 0 aliphatic rings. The van der Waals surface area contributed by atoms with E-state index < -0.39 is 10.0 Å². The maximum Gasteiger partial charge on any atom is 0.241 e. The third kappa shape index (κ3) is 3.96. The van der Waals surface area contributed by atoms with Crippen LogP contribution in [0.25, 0.3) is 0 Å². The first-order valence-electron chi connectivity index (χ1n) is 6.89. The highest BCUT2D eigenvalue weighted by molar-refractivity contribution is 7.89. The number of hydrogen-bond donors (Lipinski definition) is 1. The number of ether oxygens (including phenoxy) is 1. The molecule has 5 heteroatoms. The minimum absolute atomic E-state index is 0.248. The predicted molar refractivity (Wildman–Crippen MR) is 87.3 cm³/mol. The van der Waals surface area contributed by atoms with Crippen molar-refractivity contribution < 1.29 is 13.2 Å². The second-order valence-corrected chi connectivity index (χ2v) is 6.50. The van der Waals surface area contributed by atoms with Crippen molar-refractivity contribution >= 4 is 10.0 Å². The molecule has 2 rings (SSSR count). The average molecular weight is 317 g/mol. The van der Waals surface area contributed by atoms with Crippen LogP contribution in [-0.2, 0) is 10.0 Å². The van der Waals surface area contributed by atoms with E-state index in [0.717, 1.165) is 11.3 Å². The Balaban J connectivity index is 2.26. The Morgan fingerprint density at radius 2 is 1.77 bits per heavy atom. The molecule has 2 aromatic rings. The summed E-state index contributed by atoms with van der Waals surface area (Å²) in [6, 6.07) is 15.3. The van der Waals surface area contributed by atoms with Crippen molar-refractivity contribution in [2.45, 2.75) is 17.4 Å². The fraction of sp³-hybridized carbons (Fsp3) is 0.176. The third-order valence-electron chi connectivity index (χ3n) is 3.27. The lowest BCUT2D eigenvalue weighted by atomic mass is 10.0. The highest BCUT2D eigenvalue weighted by Crippen LogP contribution is 2.23. The molecular formula is C17H19NO3S. The van der Waals surface area contributed by atoms with E-state index in [-0.39, 0.29) is 10.9 Å². The molecule has 0 aliphatic heterocycles. The van der Waals surface area contributed by atoms with E-state index in [2.05, 4.69) is 11.3 Å². The van der Waals surface area contributed by atoms with Gasteiger partial charge in [-0.3, -0.25) is 0 Å². The zero-order valence-corrected chi connectivity index (χ0v) is 13.2. The Morgan fingerprint density at radius 1 is 1.14 bits per heavy atom. The first-order chi connectivity index (χ1) is 10.6. The Morgan fingerprint density at radius 3 is 2.32 bits per heavy atom. The van der Waals surface area contributed by atoms with Gasteiger partial charge in [0.25, 0.3) is 0 Å². The predicted octanol–water partition coefficient (Wildman–Crippen LogP) is 3.29. The van der Waals surface area contributed by atoms with Crippen LogP contribution in [-0.4, -0.2) is 15.5 Å². The van der Waals surface area contributed by atoms with E-state index in [4.69, 9.17) is 4.74 Å². The van der Waals surface area contributed by atoms with Gasteiger partial charge in [-0.2, -0.15) is 0 Å². The van der Waals surface area contributed by atoms with Gasteiger partial charge >= 0.3 is 0 Å². The van der Waals surface area contributed by atoms with Gasteiger partial charge in [-0.15, -0.1) is 6.58 Å². The van der Waals surface area contributed by atoms with Crippen LogP contribution in [0.3, 0.4) is 0 Å². The molecule has 0 radical (unpaired) electrons. The quantitative estimate of drug-likeness (QED) is 0.797. The molecule has 0 aromatic heterocycles. The van der Waals surface area contributed by atoms with Crippen LogP contribution in [0.5, 0.6) is 5.75 Å². The van der Waals surface area contributed by atoms with Crippen molar-refractivity contribution in [3.05, 3.63) is 72.8 Å². The molecule has 2 aromatic carbocycles. The SMILES string of the molecule is C=CCC(NS(=O)(=O)c1ccccc1)c1ccc(OC)cc1. The van der Waals surface area contributed by atoms with Crippen molar-refractivity contribution in [2.75, 3.05) is 7.11 Å². The highest BCUT2D eigenvalue weighted by Gasteiger charge is 2.20. The maximum atomic E-state index is 12.4. The largest absolute Gasteiger partial charge is 0.497 e. The van der Waals surface area contributed by atoms with Gasteiger partial charge in [0.05, 0.1) is 18.0 Å². The van der Waals surface area contributed by atoms with Crippen LogP contribution >= 0.6 is 0 Å². The Hall–Kier alpha value is -2.11. The monoisotopic (exact) mass is 317 g/mol. The van der Waals surface area contributed by atoms with Crippen molar-refractivity contribution in [3.63, 3.8) is 0 Å². The summed E-state index contributed by atoms with van der Waals surface area (Å²) >= 11 is 0. The fourth-order valence-electron chi connectivity index (χ4n) is 2.11. The lowest BCUT2D eigenvalue weighted by molar-refractivity contribution is 0.414. The molecule has 0 saturated carbocycles. The van der Waals surface area contributed by atoms with E-state index in [1.807, 2.05) is 24.3 Å². The molecule has 0 aliphatic carbocycles. The summed E-state index contributed by atoms with van der Waals surface area (Å²) in [4.78, 5) is 0.248. The summed E-state index contributed by atoms with van der Waals surface area (Å²) in [6.07, 6.45) is 2.20. The van der Waals surface area contributed by atoms with E-state index >= 15 is 0 Å². The van der Waals surface area contributed by atoms with Crippen molar-refractivity contribution in [2.24, 2.45) is 0 Å². The van der Waals surface area contributed by atoms with Gasteiger partial charge in [-0.05, 0) is 36.2 Å². The second kappa shape index (κ2) is 7.24. The summed E-state index contributed by atoms with van der Waals surface area (Å²) < 4.78 is 32.7. The number of nitrogens with one attached hydrogen (secondary N) is 1. The minimum atomic E-state index is -3.57. The molecule has 22 heavy (non-hydrogen) atoms. The molecule has 1 atom stereocenters. The summed E-state index contributed by atoms with van der Waals surface area (Å²) in [7, 11) is -1.98. The van der Waals surface area contributed by atoms with Gasteiger partial charge in [-0.1, -0.05) is 36.4 Å². The molecule has 0 bridgehead atoms. The van der Waals surface area contributed by atoms with Crippen LogP contribution in [0.2, 0.25) is 0 Å². The van der Waals surface area contributed by atoms with Gasteiger partial charge in [-0.25, -0.2) is 13.1 Å². The molecule has 0 fully saturated rings. The molecular weight excluding hydrogens is 298 g/mol. The van der Waals surface area contributed by atoms with Crippen LogP contribution in [0, 0.1) is 0 Å². The van der Waals surface area contributed by atoms with Crippen molar-refractivity contribution in [1.82, 2.24) is 4.72 Å². The fourth-order valence-corrected chi connectivity index (χ4v) is 3.37. The zero-order valence-electron chi connectivity index (χ0n) is 12.4. The first kappa shape index (κ1) is 16.3. The molecule has 1 unspecified atom stereocenters. The Labute approximate surface area is 131 Å². The number of hydrogen-bond acceptors (Lipinski definition) is 3. The van der Waals surface area contributed by atoms with E-state index in [9.17, 15) is 8.42 Å². The molecule has 0 heterocycles. The molecule has 116 valence electrons. The summed E-state index contributed by atoms with van der Waals surface area (Å²) in [6.45, 7) is 3.70. The summed E-state index contributed by atoms with van der Waals surface area (Å²) in [5, 5.41) is 0. The molecule has 0 spiro atoms. The number of rotatable bonds is 7. The van der Waals surface area contributed by atoms with E-state index in [0.29, 0.717) is 6.42 Å². The maximum absolute atomic E-state index is 12.4.